The van der Waals surface area contributed by atoms with E-state index in [1.165, 1.54) is 22.3 Å². The van der Waals surface area contributed by atoms with Crippen LogP contribution in [0.3, 0.4) is 0 Å². The molecule has 3 N–H and O–H groups in total. The van der Waals surface area contributed by atoms with E-state index < -0.39 is 0 Å². The molecule has 0 spiro atoms. The molecule has 0 saturated heterocycles. The third kappa shape index (κ3) is 7.74. The van der Waals surface area contributed by atoms with Crippen molar-refractivity contribution >= 4 is 17.3 Å². The first-order valence-corrected chi connectivity index (χ1v) is 11.7. The Kier molecular flexibility index (Phi) is 9.21. The molecule has 168 valence electrons. The highest BCUT2D eigenvalue weighted by molar-refractivity contribution is 6.30. The van der Waals surface area contributed by atoms with E-state index in [4.69, 9.17) is 11.6 Å². The van der Waals surface area contributed by atoms with Crippen LogP contribution in [0.5, 0.6) is 0 Å². The van der Waals surface area contributed by atoms with Gasteiger partial charge in [-0.25, -0.2) is 5.43 Å². The maximum absolute atomic E-state index is 6.05. The van der Waals surface area contributed by atoms with Gasteiger partial charge in [0.25, 0.3) is 0 Å². The van der Waals surface area contributed by atoms with Gasteiger partial charge >= 0.3 is 0 Å². The zero-order chi connectivity index (χ0) is 22.8. The molecule has 1 atom stereocenters. The Bertz CT molecular complexity index is 971. The van der Waals surface area contributed by atoms with Gasteiger partial charge in [-0.3, -0.25) is 0 Å². The van der Waals surface area contributed by atoms with Crippen molar-refractivity contribution in [1.82, 2.24) is 10.9 Å². The largest absolute Gasteiger partial charge is 0.341 e. The van der Waals surface area contributed by atoms with Crippen LogP contribution in [-0.2, 0) is 6.42 Å². The Balaban J connectivity index is 1.60. The number of halogens is 1. The van der Waals surface area contributed by atoms with Crippen LogP contribution >= 0.6 is 11.6 Å². The second-order valence-corrected chi connectivity index (χ2v) is 8.85. The molecule has 0 aromatic heterocycles. The lowest BCUT2D eigenvalue weighted by atomic mass is 9.88. The Morgan fingerprint density at radius 3 is 2.53 bits per heavy atom. The molecular formula is C28H34ClN3. The predicted octanol–water partition coefficient (Wildman–Crippen LogP) is 7.18. The average molecular weight is 448 g/mol. The van der Waals surface area contributed by atoms with E-state index in [-0.39, 0.29) is 0 Å². The molecule has 0 amide bonds. The highest BCUT2D eigenvalue weighted by atomic mass is 35.5. The zero-order valence-electron chi connectivity index (χ0n) is 19.1. The number of rotatable bonds is 11. The van der Waals surface area contributed by atoms with Crippen molar-refractivity contribution in [2.75, 3.05) is 11.9 Å². The summed E-state index contributed by atoms with van der Waals surface area (Å²) >= 11 is 6.05. The van der Waals surface area contributed by atoms with Crippen molar-refractivity contribution in [2.24, 2.45) is 5.92 Å². The Morgan fingerprint density at radius 2 is 1.84 bits per heavy atom. The van der Waals surface area contributed by atoms with Crippen molar-refractivity contribution < 1.29 is 0 Å². The number of hydrogen-bond acceptors (Lipinski definition) is 3. The van der Waals surface area contributed by atoms with E-state index in [9.17, 15) is 0 Å². The molecule has 0 saturated carbocycles. The van der Waals surface area contributed by atoms with Gasteiger partial charge in [0.15, 0.2) is 0 Å². The molecule has 0 aliphatic heterocycles. The van der Waals surface area contributed by atoms with Crippen molar-refractivity contribution in [3.8, 4) is 0 Å². The molecule has 0 fully saturated rings. The first-order chi connectivity index (χ1) is 15.5. The SMILES string of the molecule is C=C(C/C(C)=C(/NNCCCc1ccccc1)Nc1ccc(Cl)cc1)C1C=CC(C)=CC1. The topological polar surface area (TPSA) is 36.1 Å². The summed E-state index contributed by atoms with van der Waals surface area (Å²) in [6.07, 6.45) is 10.7. The maximum atomic E-state index is 6.05. The Labute approximate surface area is 197 Å². The van der Waals surface area contributed by atoms with E-state index in [0.717, 1.165) is 48.8 Å². The summed E-state index contributed by atoms with van der Waals surface area (Å²) < 4.78 is 0. The van der Waals surface area contributed by atoms with Gasteiger partial charge < -0.3 is 10.7 Å². The van der Waals surface area contributed by atoms with Gasteiger partial charge in [0.1, 0.15) is 5.82 Å². The van der Waals surface area contributed by atoms with Crippen LogP contribution in [0, 0.1) is 5.92 Å². The van der Waals surface area contributed by atoms with E-state index in [1.54, 1.807) is 0 Å². The minimum absolute atomic E-state index is 0.393. The van der Waals surface area contributed by atoms with Gasteiger partial charge in [0.2, 0.25) is 0 Å². The molecule has 3 rings (SSSR count). The molecule has 4 heteroatoms. The fourth-order valence-electron chi connectivity index (χ4n) is 3.69. The van der Waals surface area contributed by atoms with E-state index in [0.29, 0.717) is 5.92 Å². The number of nitrogens with one attached hydrogen (secondary N) is 3. The highest BCUT2D eigenvalue weighted by Crippen LogP contribution is 2.27. The first kappa shape index (κ1) is 23.9. The summed E-state index contributed by atoms with van der Waals surface area (Å²) in [5.74, 6) is 1.35. The normalized spacial score (nSPS) is 16.2. The van der Waals surface area contributed by atoms with Gasteiger partial charge in [0, 0.05) is 23.2 Å². The molecule has 0 bridgehead atoms. The van der Waals surface area contributed by atoms with E-state index in [1.807, 2.05) is 24.3 Å². The van der Waals surface area contributed by atoms with Crippen LogP contribution in [0.4, 0.5) is 5.69 Å². The summed E-state index contributed by atoms with van der Waals surface area (Å²) in [5, 5.41) is 4.23. The number of hydrazine groups is 1. The van der Waals surface area contributed by atoms with Crippen molar-refractivity contribution in [3.05, 3.63) is 113 Å². The Morgan fingerprint density at radius 1 is 1.09 bits per heavy atom. The monoisotopic (exact) mass is 447 g/mol. The second kappa shape index (κ2) is 12.3. The molecule has 1 unspecified atom stereocenters. The third-order valence-corrected chi connectivity index (χ3v) is 5.92. The number of aryl methyl sites for hydroxylation is 1. The predicted molar refractivity (Wildman–Crippen MR) is 138 cm³/mol. The molecule has 2 aromatic carbocycles. The number of hydrogen-bond donors (Lipinski definition) is 3. The first-order valence-electron chi connectivity index (χ1n) is 11.3. The smallest absolute Gasteiger partial charge is 0.117 e. The molecular weight excluding hydrogens is 414 g/mol. The number of benzene rings is 2. The highest BCUT2D eigenvalue weighted by Gasteiger charge is 2.13. The third-order valence-electron chi connectivity index (χ3n) is 5.67. The summed E-state index contributed by atoms with van der Waals surface area (Å²) in [6.45, 7) is 9.53. The fourth-order valence-corrected chi connectivity index (χ4v) is 3.81. The molecule has 0 radical (unpaired) electrons. The molecule has 1 aliphatic rings. The van der Waals surface area contributed by atoms with Crippen LogP contribution in [0.15, 0.2) is 102 Å². The lowest BCUT2D eigenvalue weighted by Gasteiger charge is -2.21. The summed E-state index contributed by atoms with van der Waals surface area (Å²) in [5.41, 5.74) is 12.9. The van der Waals surface area contributed by atoms with Gasteiger partial charge in [-0.05, 0) is 74.9 Å². The van der Waals surface area contributed by atoms with Gasteiger partial charge in [-0.1, -0.05) is 77.9 Å². The molecule has 2 aromatic rings. The van der Waals surface area contributed by atoms with Crippen LogP contribution < -0.4 is 16.2 Å². The van der Waals surface area contributed by atoms with Crippen LogP contribution in [-0.4, -0.2) is 6.54 Å². The average Bonchev–Trinajstić information content (AvgIpc) is 2.80. The zero-order valence-corrected chi connectivity index (χ0v) is 19.9. The molecule has 32 heavy (non-hydrogen) atoms. The molecule has 1 aliphatic carbocycles. The number of anilines is 1. The van der Waals surface area contributed by atoms with Crippen LogP contribution in [0.2, 0.25) is 5.02 Å². The lowest BCUT2D eigenvalue weighted by Crippen LogP contribution is -2.35. The summed E-state index contributed by atoms with van der Waals surface area (Å²) in [7, 11) is 0. The lowest BCUT2D eigenvalue weighted by molar-refractivity contribution is 0.574. The quantitative estimate of drug-likeness (QED) is 0.194. The van der Waals surface area contributed by atoms with E-state index in [2.05, 4.69) is 85.2 Å². The summed E-state index contributed by atoms with van der Waals surface area (Å²) in [4.78, 5) is 0. The van der Waals surface area contributed by atoms with Gasteiger partial charge in [-0.15, -0.1) is 0 Å². The second-order valence-electron chi connectivity index (χ2n) is 8.41. The molecule has 0 heterocycles. The maximum Gasteiger partial charge on any atom is 0.117 e. The Hall–Kier alpha value is -2.75. The number of allylic oxidation sites excluding steroid dienone is 6. The van der Waals surface area contributed by atoms with Crippen LogP contribution in [0.1, 0.15) is 38.7 Å². The van der Waals surface area contributed by atoms with E-state index >= 15 is 0 Å². The van der Waals surface area contributed by atoms with Crippen molar-refractivity contribution in [2.45, 2.75) is 39.5 Å². The standard InChI is InChI=1S/C28H34ClN3/c1-21-11-13-25(14-12-21)22(2)20-23(3)28(31-27-17-15-26(29)16-18-27)32-30-19-7-10-24-8-5-4-6-9-24/h4-6,8-9,11-13,15-18,25,30-32H,2,7,10,14,19-20H2,1,3H3/b28-23+. The van der Waals surface area contributed by atoms with Crippen LogP contribution in [0.25, 0.3) is 0 Å². The van der Waals surface area contributed by atoms with Crippen molar-refractivity contribution in [1.29, 1.82) is 0 Å². The van der Waals surface area contributed by atoms with Gasteiger partial charge in [0.05, 0.1) is 0 Å². The van der Waals surface area contributed by atoms with Gasteiger partial charge in [-0.2, -0.15) is 0 Å². The fraction of sp³-hybridized carbons (Fsp3) is 0.286. The van der Waals surface area contributed by atoms with Crippen molar-refractivity contribution in [3.63, 3.8) is 0 Å². The summed E-state index contributed by atoms with van der Waals surface area (Å²) in [6, 6.07) is 18.3. The minimum atomic E-state index is 0.393. The minimum Gasteiger partial charge on any atom is -0.341 e. The molecule has 3 nitrogen and oxygen atoms in total.